The summed E-state index contributed by atoms with van der Waals surface area (Å²) in [6.45, 7) is 0. The average Bonchev–Trinajstić information content (AvgIpc) is 2.46. The number of carbonyl (C=O) groups excluding carboxylic acids is 2. The number of benzene rings is 2. The number of hydrogen-bond donors (Lipinski definition) is 0. The van der Waals surface area contributed by atoms with E-state index in [0.717, 1.165) is 6.07 Å². The predicted molar refractivity (Wildman–Crippen MR) is 81.4 cm³/mol. The summed E-state index contributed by atoms with van der Waals surface area (Å²) in [5.74, 6) is -1.41. The van der Waals surface area contributed by atoms with Crippen LogP contribution in [-0.4, -0.2) is 16.5 Å². The minimum Gasteiger partial charge on any atom is -0.288 e. The second-order valence-corrected chi connectivity index (χ2v) is 5.73. The van der Waals surface area contributed by atoms with E-state index in [2.05, 4.69) is 0 Å². The van der Waals surface area contributed by atoms with Crippen molar-refractivity contribution in [1.29, 1.82) is 0 Å². The highest BCUT2D eigenvalue weighted by molar-refractivity contribution is 6.46. The molecule has 0 unspecified atom stereocenters. The van der Waals surface area contributed by atoms with Gasteiger partial charge in [-0.15, -0.1) is 0 Å². The van der Waals surface area contributed by atoms with E-state index >= 15 is 0 Å². The molecular formula is C14H4Cl3NO4. The average molecular weight is 357 g/mol. The third-order valence-electron chi connectivity index (χ3n) is 3.34. The van der Waals surface area contributed by atoms with Gasteiger partial charge in [0.2, 0.25) is 5.78 Å². The van der Waals surface area contributed by atoms with Crippen LogP contribution in [0.1, 0.15) is 31.8 Å². The summed E-state index contributed by atoms with van der Waals surface area (Å²) in [6, 6.07) is 5.02. The third kappa shape index (κ3) is 1.94. The molecule has 0 saturated carbocycles. The Morgan fingerprint density at radius 3 is 1.55 bits per heavy atom. The number of halogens is 3. The molecular weight excluding hydrogens is 353 g/mol. The van der Waals surface area contributed by atoms with Crippen LogP contribution in [0.5, 0.6) is 0 Å². The minimum absolute atomic E-state index is 0.00215. The Kier molecular flexibility index (Phi) is 3.44. The Morgan fingerprint density at radius 1 is 0.727 bits per heavy atom. The van der Waals surface area contributed by atoms with Crippen molar-refractivity contribution in [3.8, 4) is 0 Å². The van der Waals surface area contributed by atoms with E-state index in [1.807, 2.05) is 0 Å². The maximum atomic E-state index is 12.6. The molecule has 0 aliphatic heterocycles. The van der Waals surface area contributed by atoms with Gasteiger partial charge in [-0.1, -0.05) is 34.8 Å². The second-order valence-electron chi connectivity index (χ2n) is 4.51. The monoisotopic (exact) mass is 355 g/mol. The lowest BCUT2D eigenvalue weighted by atomic mass is 9.83. The third-order valence-corrected chi connectivity index (χ3v) is 4.29. The van der Waals surface area contributed by atoms with Crippen molar-refractivity contribution in [2.24, 2.45) is 0 Å². The SMILES string of the molecule is O=C1c2c(Cl)ccc(Cl)c2C(=O)c2c([N+](=O)[O-])ccc(Cl)c21. The number of carbonyl (C=O) groups is 2. The maximum absolute atomic E-state index is 12.6. The van der Waals surface area contributed by atoms with Gasteiger partial charge in [0, 0.05) is 6.07 Å². The van der Waals surface area contributed by atoms with E-state index in [-0.39, 0.29) is 37.3 Å². The summed E-state index contributed by atoms with van der Waals surface area (Å²) in [5.41, 5.74) is -1.32. The summed E-state index contributed by atoms with van der Waals surface area (Å²) in [5, 5.41) is 11.1. The molecule has 0 bridgehead atoms. The van der Waals surface area contributed by atoms with Crippen LogP contribution in [0.2, 0.25) is 15.1 Å². The highest BCUT2D eigenvalue weighted by Gasteiger charge is 2.39. The van der Waals surface area contributed by atoms with Crippen LogP contribution in [0, 0.1) is 10.1 Å². The van der Waals surface area contributed by atoms with Crippen LogP contribution >= 0.6 is 34.8 Å². The van der Waals surface area contributed by atoms with Gasteiger partial charge in [0.25, 0.3) is 5.69 Å². The van der Waals surface area contributed by atoms with Gasteiger partial charge in [0.15, 0.2) is 5.78 Å². The number of nitro groups is 1. The molecule has 2 aromatic carbocycles. The van der Waals surface area contributed by atoms with Crippen LogP contribution in [0.3, 0.4) is 0 Å². The first-order chi connectivity index (χ1) is 10.3. The van der Waals surface area contributed by atoms with Crippen molar-refractivity contribution in [1.82, 2.24) is 0 Å². The summed E-state index contributed by atoms with van der Waals surface area (Å²) in [6.07, 6.45) is 0. The highest BCUT2D eigenvalue weighted by Crippen LogP contribution is 2.41. The Morgan fingerprint density at radius 2 is 1.09 bits per heavy atom. The van der Waals surface area contributed by atoms with Crippen LogP contribution < -0.4 is 0 Å². The molecule has 0 saturated heterocycles. The lowest BCUT2D eigenvalue weighted by Gasteiger charge is -2.20. The van der Waals surface area contributed by atoms with Gasteiger partial charge in [-0.05, 0) is 18.2 Å². The lowest BCUT2D eigenvalue weighted by Crippen LogP contribution is -2.23. The smallest absolute Gasteiger partial charge is 0.281 e. The molecule has 0 radical (unpaired) electrons. The molecule has 8 heteroatoms. The van der Waals surface area contributed by atoms with Crippen molar-refractivity contribution < 1.29 is 14.5 Å². The van der Waals surface area contributed by atoms with Crippen LogP contribution in [0.15, 0.2) is 24.3 Å². The molecule has 0 spiro atoms. The van der Waals surface area contributed by atoms with Crippen LogP contribution in [0.4, 0.5) is 5.69 Å². The normalized spacial score (nSPS) is 12.9. The number of rotatable bonds is 1. The van der Waals surface area contributed by atoms with Gasteiger partial charge in [0.05, 0.1) is 36.7 Å². The standard InChI is InChI=1S/C14H4Cl3NO4/c15-5-1-2-6(16)10-9(5)13(19)11-7(17)3-4-8(18(21)22)12(11)14(10)20/h1-4H. The summed E-state index contributed by atoms with van der Waals surface area (Å²) in [4.78, 5) is 35.7. The van der Waals surface area contributed by atoms with Crippen LogP contribution in [-0.2, 0) is 0 Å². The van der Waals surface area contributed by atoms with Crippen molar-refractivity contribution in [2.45, 2.75) is 0 Å². The minimum atomic E-state index is -0.746. The first kappa shape index (κ1) is 15.0. The van der Waals surface area contributed by atoms with Gasteiger partial charge in [-0.2, -0.15) is 0 Å². The quantitative estimate of drug-likeness (QED) is 0.480. The van der Waals surface area contributed by atoms with E-state index in [1.54, 1.807) is 0 Å². The zero-order valence-corrected chi connectivity index (χ0v) is 12.8. The van der Waals surface area contributed by atoms with E-state index in [0.29, 0.717) is 0 Å². The molecule has 0 heterocycles. The van der Waals surface area contributed by atoms with E-state index in [1.165, 1.54) is 18.2 Å². The highest BCUT2D eigenvalue weighted by atomic mass is 35.5. The number of nitrogens with zero attached hydrogens (tertiary/aromatic N) is 1. The maximum Gasteiger partial charge on any atom is 0.281 e. The van der Waals surface area contributed by atoms with Crippen LogP contribution in [0.25, 0.3) is 0 Å². The first-order valence-electron chi connectivity index (χ1n) is 5.89. The Balaban J connectivity index is 2.47. The Hall–Kier alpha value is -1.95. The molecule has 0 aromatic heterocycles. The topological polar surface area (TPSA) is 77.3 Å². The fourth-order valence-electron chi connectivity index (χ4n) is 2.42. The molecule has 2 aromatic rings. The second kappa shape index (κ2) is 5.05. The summed E-state index contributed by atoms with van der Waals surface area (Å²) < 4.78 is 0. The van der Waals surface area contributed by atoms with Crippen molar-refractivity contribution >= 4 is 52.1 Å². The molecule has 5 nitrogen and oxygen atoms in total. The van der Waals surface area contributed by atoms with Gasteiger partial charge in [-0.3, -0.25) is 19.7 Å². The van der Waals surface area contributed by atoms with E-state index < -0.39 is 22.2 Å². The zero-order valence-electron chi connectivity index (χ0n) is 10.5. The van der Waals surface area contributed by atoms with Gasteiger partial charge >= 0.3 is 0 Å². The molecule has 3 rings (SSSR count). The zero-order chi connectivity index (χ0) is 16.2. The van der Waals surface area contributed by atoms with Crippen molar-refractivity contribution in [2.75, 3.05) is 0 Å². The molecule has 110 valence electrons. The Bertz CT molecular complexity index is 892. The molecule has 0 N–H and O–H groups in total. The first-order valence-corrected chi connectivity index (χ1v) is 7.02. The number of fused-ring (bicyclic) bond motifs is 2. The van der Waals surface area contributed by atoms with Gasteiger partial charge in [0.1, 0.15) is 5.56 Å². The summed E-state index contributed by atoms with van der Waals surface area (Å²) in [7, 11) is 0. The van der Waals surface area contributed by atoms with E-state index in [9.17, 15) is 19.7 Å². The molecule has 1 aliphatic carbocycles. The fourth-order valence-corrected chi connectivity index (χ4v) is 3.15. The molecule has 0 fully saturated rings. The van der Waals surface area contributed by atoms with Gasteiger partial charge < -0.3 is 0 Å². The Labute approximate surface area is 138 Å². The van der Waals surface area contributed by atoms with Crippen molar-refractivity contribution in [3.63, 3.8) is 0 Å². The summed E-state index contributed by atoms with van der Waals surface area (Å²) >= 11 is 17.9. The van der Waals surface area contributed by atoms with Crippen molar-refractivity contribution in [3.05, 3.63) is 71.7 Å². The fraction of sp³-hybridized carbons (Fsp3) is 0. The number of nitro benzene ring substituents is 1. The molecule has 0 amide bonds. The number of ketones is 2. The lowest BCUT2D eigenvalue weighted by molar-refractivity contribution is -0.385. The largest absolute Gasteiger partial charge is 0.288 e. The van der Waals surface area contributed by atoms with Gasteiger partial charge in [-0.25, -0.2) is 0 Å². The predicted octanol–water partition coefficient (Wildman–Crippen LogP) is 4.33. The molecule has 1 aliphatic rings. The molecule has 22 heavy (non-hydrogen) atoms. The van der Waals surface area contributed by atoms with E-state index in [4.69, 9.17) is 34.8 Å². The molecule has 0 atom stereocenters. The number of hydrogen-bond acceptors (Lipinski definition) is 4.